The van der Waals surface area contributed by atoms with Gasteiger partial charge in [0.05, 0.1) is 0 Å². The average Bonchev–Trinajstić information content (AvgIpc) is 3.27. The maximum absolute atomic E-state index is 12.7. The quantitative estimate of drug-likeness (QED) is 0.927. The van der Waals surface area contributed by atoms with Gasteiger partial charge >= 0.3 is 0 Å². The van der Waals surface area contributed by atoms with Gasteiger partial charge in [0, 0.05) is 24.7 Å². The van der Waals surface area contributed by atoms with Gasteiger partial charge in [-0.2, -0.15) is 0 Å². The zero-order valence-electron chi connectivity index (χ0n) is 13.3. The zero-order valence-corrected chi connectivity index (χ0v) is 13.3. The van der Waals surface area contributed by atoms with Crippen LogP contribution >= 0.6 is 0 Å². The van der Waals surface area contributed by atoms with E-state index in [0.29, 0.717) is 6.04 Å². The molecule has 4 rings (SSSR count). The van der Waals surface area contributed by atoms with Gasteiger partial charge in [0.1, 0.15) is 0 Å². The summed E-state index contributed by atoms with van der Waals surface area (Å²) in [5.74, 6) is 1.17. The van der Waals surface area contributed by atoms with Crippen molar-refractivity contribution >= 4 is 5.91 Å². The predicted molar refractivity (Wildman–Crippen MR) is 88.1 cm³/mol. The molecule has 1 saturated heterocycles. The molecule has 118 valence electrons. The Bertz CT molecular complexity index is 557. The van der Waals surface area contributed by atoms with Crippen LogP contribution in [-0.2, 0) is 12.8 Å². The van der Waals surface area contributed by atoms with Crippen molar-refractivity contribution in [2.75, 3.05) is 19.6 Å². The molecule has 3 aliphatic rings. The third-order valence-corrected chi connectivity index (χ3v) is 5.52. The molecule has 1 aromatic rings. The highest BCUT2D eigenvalue weighted by Gasteiger charge is 2.26. The standard InChI is InChI=1S/C19H26N2O/c22-19(17-7-6-15-2-1-3-16(15)12-17)21-10-8-18(9-11-21)20-13-14-4-5-14/h6-7,12,14,18,20H,1-5,8-11,13H2. The van der Waals surface area contributed by atoms with Crippen molar-refractivity contribution in [1.82, 2.24) is 10.2 Å². The Morgan fingerprint density at radius 1 is 1.09 bits per heavy atom. The number of fused-ring (bicyclic) bond motifs is 1. The summed E-state index contributed by atoms with van der Waals surface area (Å²) in [7, 11) is 0. The molecule has 1 amide bonds. The van der Waals surface area contributed by atoms with Crippen LogP contribution in [0.4, 0.5) is 0 Å². The van der Waals surface area contributed by atoms with Crippen LogP contribution in [0.15, 0.2) is 18.2 Å². The maximum Gasteiger partial charge on any atom is 0.253 e. The van der Waals surface area contributed by atoms with Crippen LogP contribution in [-0.4, -0.2) is 36.5 Å². The summed E-state index contributed by atoms with van der Waals surface area (Å²) in [5, 5.41) is 3.68. The number of piperidine rings is 1. The number of carbonyl (C=O) groups excluding carboxylic acids is 1. The fraction of sp³-hybridized carbons (Fsp3) is 0.632. The van der Waals surface area contributed by atoms with Crippen molar-refractivity contribution in [3.05, 3.63) is 34.9 Å². The second-order valence-corrected chi connectivity index (χ2v) is 7.26. The third kappa shape index (κ3) is 3.05. The summed E-state index contributed by atoms with van der Waals surface area (Å²) < 4.78 is 0. The van der Waals surface area contributed by atoms with Crippen molar-refractivity contribution in [2.45, 2.75) is 51.0 Å². The molecule has 0 atom stereocenters. The fourth-order valence-corrected chi connectivity index (χ4v) is 3.83. The number of aryl methyl sites for hydroxylation is 2. The van der Waals surface area contributed by atoms with Crippen LogP contribution < -0.4 is 5.32 Å². The van der Waals surface area contributed by atoms with Crippen LogP contribution in [0, 0.1) is 5.92 Å². The van der Waals surface area contributed by atoms with Gasteiger partial charge in [-0.15, -0.1) is 0 Å². The lowest BCUT2D eigenvalue weighted by atomic mass is 10.0. The largest absolute Gasteiger partial charge is 0.339 e. The molecule has 1 heterocycles. The lowest BCUT2D eigenvalue weighted by molar-refractivity contribution is 0.0705. The number of benzene rings is 1. The number of hydrogen-bond donors (Lipinski definition) is 1. The first-order chi connectivity index (χ1) is 10.8. The van der Waals surface area contributed by atoms with E-state index in [1.54, 1.807) is 0 Å². The van der Waals surface area contributed by atoms with Gasteiger partial charge in [0.25, 0.3) is 5.91 Å². The lowest BCUT2D eigenvalue weighted by Crippen LogP contribution is -2.45. The number of nitrogens with one attached hydrogen (secondary N) is 1. The number of rotatable bonds is 4. The monoisotopic (exact) mass is 298 g/mol. The fourth-order valence-electron chi connectivity index (χ4n) is 3.83. The van der Waals surface area contributed by atoms with Gasteiger partial charge in [0.15, 0.2) is 0 Å². The van der Waals surface area contributed by atoms with Crippen molar-refractivity contribution in [3.8, 4) is 0 Å². The van der Waals surface area contributed by atoms with E-state index in [-0.39, 0.29) is 5.91 Å². The summed E-state index contributed by atoms with van der Waals surface area (Å²) in [5.41, 5.74) is 3.73. The van der Waals surface area contributed by atoms with E-state index in [1.807, 2.05) is 11.0 Å². The topological polar surface area (TPSA) is 32.3 Å². The Labute approximate surface area is 133 Å². The van der Waals surface area contributed by atoms with Gasteiger partial charge in [-0.3, -0.25) is 4.79 Å². The first kappa shape index (κ1) is 14.3. The molecule has 0 radical (unpaired) electrons. The lowest BCUT2D eigenvalue weighted by Gasteiger charge is -2.32. The summed E-state index contributed by atoms with van der Waals surface area (Å²) in [4.78, 5) is 14.7. The molecular weight excluding hydrogens is 272 g/mol. The van der Waals surface area contributed by atoms with Gasteiger partial charge < -0.3 is 10.2 Å². The molecule has 1 aromatic carbocycles. The van der Waals surface area contributed by atoms with E-state index in [2.05, 4.69) is 17.4 Å². The minimum atomic E-state index is 0.232. The SMILES string of the molecule is O=C(c1ccc2c(c1)CCC2)N1CCC(NCC2CC2)CC1. The van der Waals surface area contributed by atoms with Crippen LogP contribution in [0.2, 0.25) is 0 Å². The maximum atomic E-state index is 12.7. The van der Waals surface area contributed by atoms with Gasteiger partial charge in [-0.25, -0.2) is 0 Å². The highest BCUT2D eigenvalue weighted by molar-refractivity contribution is 5.94. The molecule has 0 aromatic heterocycles. The van der Waals surface area contributed by atoms with E-state index in [9.17, 15) is 4.79 Å². The number of hydrogen-bond acceptors (Lipinski definition) is 2. The number of likely N-dealkylation sites (tertiary alicyclic amines) is 1. The summed E-state index contributed by atoms with van der Waals surface area (Å²) in [6.07, 6.45) is 8.58. The molecule has 1 N–H and O–H groups in total. The molecular formula is C19H26N2O. The van der Waals surface area contributed by atoms with Crippen LogP contribution in [0.5, 0.6) is 0 Å². The predicted octanol–water partition coefficient (Wildman–Crippen LogP) is 2.78. The van der Waals surface area contributed by atoms with Gasteiger partial charge in [-0.05, 0) is 80.7 Å². The Morgan fingerprint density at radius 3 is 2.64 bits per heavy atom. The van der Waals surface area contributed by atoms with Crippen molar-refractivity contribution in [2.24, 2.45) is 5.92 Å². The Morgan fingerprint density at radius 2 is 1.86 bits per heavy atom. The number of carbonyl (C=O) groups is 1. The molecule has 3 nitrogen and oxygen atoms in total. The minimum absolute atomic E-state index is 0.232. The summed E-state index contributed by atoms with van der Waals surface area (Å²) in [6, 6.07) is 6.95. The van der Waals surface area contributed by atoms with Crippen LogP contribution in [0.25, 0.3) is 0 Å². The van der Waals surface area contributed by atoms with Gasteiger partial charge in [-0.1, -0.05) is 6.07 Å². The highest BCUT2D eigenvalue weighted by Crippen LogP contribution is 2.28. The highest BCUT2D eigenvalue weighted by atomic mass is 16.2. The molecule has 22 heavy (non-hydrogen) atoms. The van der Waals surface area contributed by atoms with Crippen molar-refractivity contribution in [1.29, 1.82) is 0 Å². The molecule has 1 saturated carbocycles. The smallest absolute Gasteiger partial charge is 0.253 e. The van der Waals surface area contributed by atoms with E-state index in [1.165, 1.54) is 43.4 Å². The molecule has 2 aliphatic carbocycles. The second-order valence-electron chi connectivity index (χ2n) is 7.26. The molecule has 0 bridgehead atoms. The summed E-state index contributed by atoms with van der Waals surface area (Å²) >= 11 is 0. The Balaban J connectivity index is 1.33. The average molecular weight is 298 g/mol. The second kappa shape index (κ2) is 6.04. The molecule has 3 heteroatoms. The van der Waals surface area contributed by atoms with Crippen molar-refractivity contribution in [3.63, 3.8) is 0 Å². The Hall–Kier alpha value is -1.35. The van der Waals surface area contributed by atoms with Crippen LogP contribution in [0.3, 0.4) is 0 Å². The molecule has 0 unspecified atom stereocenters. The molecule has 1 aliphatic heterocycles. The first-order valence-corrected chi connectivity index (χ1v) is 8.94. The number of nitrogens with zero attached hydrogens (tertiary/aromatic N) is 1. The van der Waals surface area contributed by atoms with E-state index >= 15 is 0 Å². The molecule has 0 spiro atoms. The van der Waals surface area contributed by atoms with E-state index in [0.717, 1.165) is 43.8 Å². The number of amides is 1. The normalized spacial score (nSPS) is 21.9. The molecule has 2 fully saturated rings. The van der Waals surface area contributed by atoms with Crippen LogP contribution in [0.1, 0.15) is 53.6 Å². The third-order valence-electron chi connectivity index (χ3n) is 5.52. The Kier molecular flexibility index (Phi) is 3.91. The van der Waals surface area contributed by atoms with Gasteiger partial charge in [0.2, 0.25) is 0 Å². The minimum Gasteiger partial charge on any atom is -0.339 e. The van der Waals surface area contributed by atoms with E-state index < -0.39 is 0 Å². The zero-order chi connectivity index (χ0) is 14.9. The van der Waals surface area contributed by atoms with E-state index in [4.69, 9.17) is 0 Å². The first-order valence-electron chi connectivity index (χ1n) is 8.94. The van der Waals surface area contributed by atoms with Crippen molar-refractivity contribution < 1.29 is 4.79 Å². The summed E-state index contributed by atoms with van der Waals surface area (Å²) in [6.45, 7) is 2.99.